The number of carboxylic acid groups (broad SMARTS) is 1. The van der Waals surface area contributed by atoms with Crippen molar-refractivity contribution in [1.29, 1.82) is 0 Å². The minimum Gasteiger partial charge on any atom is -0.508 e. The Labute approximate surface area is 175 Å². The SMILES string of the molecule is C[C@@H](/C=C/C(=O)O)[C@@H](OC(=O)NC(=O)c1ccccc1)c1cc(I)ccc1O. The summed E-state index contributed by atoms with van der Waals surface area (Å²) >= 11 is 2.04. The lowest BCUT2D eigenvalue weighted by Crippen LogP contribution is -2.33. The Hall–Kier alpha value is -2.88. The maximum absolute atomic E-state index is 12.3. The molecule has 0 aliphatic heterocycles. The van der Waals surface area contributed by atoms with Gasteiger partial charge >= 0.3 is 12.1 Å². The smallest absolute Gasteiger partial charge is 0.414 e. The Morgan fingerprint density at radius 2 is 1.82 bits per heavy atom. The molecule has 0 radical (unpaired) electrons. The average molecular weight is 495 g/mol. The molecule has 0 unspecified atom stereocenters. The third-order valence-electron chi connectivity index (χ3n) is 3.80. The molecule has 146 valence electrons. The first-order valence-corrected chi connectivity index (χ1v) is 9.32. The van der Waals surface area contributed by atoms with Crippen molar-refractivity contribution in [1.82, 2.24) is 5.32 Å². The Balaban J connectivity index is 2.23. The van der Waals surface area contributed by atoms with Crippen LogP contribution in [0.25, 0.3) is 0 Å². The topological polar surface area (TPSA) is 113 Å². The number of ether oxygens (including phenoxy) is 1. The number of carbonyl (C=O) groups is 3. The zero-order valence-corrected chi connectivity index (χ0v) is 17.0. The molecule has 8 heteroatoms. The molecule has 28 heavy (non-hydrogen) atoms. The van der Waals surface area contributed by atoms with Crippen molar-refractivity contribution in [3.05, 3.63) is 75.4 Å². The van der Waals surface area contributed by atoms with Gasteiger partial charge in [0.05, 0.1) is 0 Å². The second kappa shape index (κ2) is 9.88. The Morgan fingerprint density at radius 3 is 2.46 bits per heavy atom. The van der Waals surface area contributed by atoms with Crippen LogP contribution < -0.4 is 5.32 Å². The number of aliphatic carboxylic acids is 1. The van der Waals surface area contributed by atoms with E-state index in [2.05, 4.69) is 5.32 Å². The lowest BCUT2D eigenvalue weighted by molar-refractivity contribution is -0.131. The van der Waals surface area contributed by atoms with Crippen LogP contribution in [0.2, 0.25) is 0 Å². The Bertz CT molecular complexity index is 897. The number of benzene rings is 2. The van der Waals surface area contributed by atoms with Crippen molar-refractivity contribution in [3.8, 4) is 5.75 Å². The van der Waals surface area contributed by atoms with Crippen molar-refractivity contribution in [2.24, 2.45) is 5.92 Å². The molecule has 0 aliphatic carbocycles. The molecule has 2 aromatic carbocycles. The van der Waals surface area contributed by atoms with Crippen LogP contribution in [0.1, 0.15) is 28.9 Å². The summed E-state index contributed by atoms with van der Waals surface area (Å²) in [6.45, 7) is 1.63. The lowest BCUT2D eigenvalue weighted by atomic mass is 9.96. The number of amides is 2. The van der Waals surface area contributed by atoms with Crippen LogP contribution in [0, 0.1) is 9.49 Å². The van der Waals surface area contributed by atoms with E-state index in [0.29, 0.717) is 5.56 Å². The number of carbonyl (C=O) groups excluding carboxylic acids is 2. The van der Waals surface area contributed by atoms with E-state index in [1.165, 1.54) is 12.1 Å². The van der Waals surface area contributed by atoms with Gasteiger partial charge in [0.1, 0.15) is 11.9 Å². The fourth-order valence-electron chi connectivity index (χ4n) is 2.44. The van der Waals surface area contributed by atoms with Gasteiger partial charge in [0.2, 0.25) is 0 Å². The molecule has 7 nitrogen and oxygen atoms in total. The van der Waals surface area contributed by atoms with Crippen molar-refractivity contribution in [3.63, 3.8) is 0 Å². The van der Waals surface area contributed by atoms with Crippen LogP contribution in [0.4, 0.5) is 4.79 Å². The molecule has 2 amide bonds. The van der Waals surface area contributed by atoms with Gasteiger partial charge in [-0.25, -0.2) is 9.59 Å². The summed E-state index contributed by atoms with van der Waals surface area (Å²) in [5, 5.41) is 21.1. The van der Waals surface area contributed by atoms with E-state index >= 15 is 0 Å². The lowest BCUT2D eigenvalue weighted by Gasteiger charge is -2.23. The highest BCUT2D eigenvalue weighted by molar-refractivity contribution is 14.1. The van der Waals surface area contributed by atoms with Crippen molar-refractivity contribution in [2.45, 2.75) is 13.0 Å². The first-order valence-electron chi connectivity index (χ1n) is 8.24. The van der Waals surface area contributed by atoms with Gasteiger partial charge in [-0.15, -0.1) is 0 Å². The zero-order chi connectivity index (χ0) is 20.7. The zero-order valence-electron chi connectivity index (χ0n) is 14.8. The average Bonchev–Trinajstić information content (AvgIpc) is 2.67. The van der Waals surface area contributed by atoms with Gasteiger partial charge in [0.15, 0.2) is 0 Å². The molecule has 0 heterocycles. The van der Waals surface area contributed by atoms with Crippen LogP contribution in [0.5, 0.6) is 5.75 Å². The van der Waals surface area contributed by atoms with E-state index in [1.807, 2.05) is 22.6 Å². The molecule has 0 saturated carbocycles. The highest BCUT2D eigenvalue weighted by Gasteiger charge is 2.26. The molecule has 0 fully saturated rings. The monoisotopic (exact) mass is 495 g/mol. The predicted octanol–water partition coefficient (Wildman–Crippen LogP) is 3.88. The summed E-state index contributed by atoms with van der Waals surface area (Å²) < 4.78 is 6.17. The van der Waals surface area contributed by atoms with Gasteiger partial charge in [-0.2, -0.15) is 0 Å². The van der Waals surface area contributed by atoms with Gasteiger partial charge in [-0.1, -0.05) is 31.2 Å². The van der Waals surface area contributed by atoms with E-state index in [-0.39, 0.29) is 11.3 Å². The number of hydrogen-bond donors (Lipinski definition) is 3. The van der Waals surface area contributed by atoms with Gasteiger partial charge in [-0.3, -0.25) is 10.1 Å². The second-order valence-electron chi connectivity index (χ2n) is 5.91. The molecule has 3 N–H and O–H groups in total. The minimum atomic E-state index is -1.15. The normalized spacial score (nSPS) is 12.9. The fourth-order valence-corrected chi connectivity index (χ4v) is 2.96. The summed E-state index contributed by atoms with van der Waals surface area (Å²) in [6, 6.07) is 12.9. The first kappa shape index (κ1) is 21.4. The van der Waals surface area contributed by atoms with Crippen molar-refractivity contribution >= 4 is 40.6 Å². The molecular formula is C20H18INO6. The van der Waals surface area contributed by atoms with E-state index in [9.17, 15) is 19.5 Å². The quantitative estimate of drug-likeness (QED) is 0.414. The second-order valence-corrected chi connectivity index (χ2v) is 7.15. The molecule has 2 atom stereocenters. The maximum Gasteiger partial charge on any atom is 0.414 e. The highest BCUT2D eigenvalue weighted by atomic mass is 127. The fraction of sp³-hybridized carbons (Fsp3) is 0.150. The number of hydrogen-bond acceptors (Lipinski definition) is 5. The third-order valence-corrected chi connectivity index (χ3v) is 4.47. The van der Waals surface area contributed by atoms with Crippen LogP contribution >= 0.6 is 22.6 Å². The minimum absolute atomic E-state index is 0.108. The highest BCUT2D eigenvalue weighted by Crippen LogP contribution is 2.34. The summed E-state index contributed by atoms with van der Waals surface area (Å²) in [6.07, 6.45) is 0.263. The summed E-state index contributed by atoms with van der Waals surface area (Å²) in [7, 11) is 0. The third kappa shape index (κ3) is 6.08. The van der Waals surface area contributed by atoms with Crippen LogP contribution in [-0.2, 0) is 9.53 Å². The van der Waals surface area contributed by atoms with E-state index in [0.717, 1.165) is 9.65 Å². The number of alkyl carbamates (subject to hydrolysis) is 1. The number of rotatable bonds is 6. The number of phenols is 1. The summed E-state index contributed by atoms with van der Waals surface area (Å²) in [4.78, 5) is 35.2. The predicted molar refractivity (Wildman–Crippen MR) is 110 cm³/mol. The van der Waals surface area contributed by atoms with Crippen molar-refractivity contribution < 1.29 is 29.3 Å². The van der Waals surface area contributed by atoms with E-state index in [1.54, 1.807) is 49.4 Å². The number of halogens is 1. The summed E-state index contributed by atoms with van der Waals surface area (Å²) in [5.74, 6) is -2.48. The molecule has 0 spiro atoms. The Morgan fingerprint density at radius 1 is 1.14 bits per heavy atom. The van der Waals surface area contributed by atoms with E-state index in [4.69, 9.17) is 9.84 Å². The number of imide groups is 1. The largest absolute Gasteiger partial charge is 0.508 e. The molecule has 0 aromatic heterocycles. The molecule has 0 aliphatic rings. The van der Waals surface area contributed by atoms with Gasteiger partial charge < -0.3 is 14.9 Å². The maximum atomic E-state index is 12.3. The van der Waals surface area contributed by atoms with Gasteiger partial charge in [0.25, 0.3) is 5.91 Å². The molecule has 0 saturated heterocycles. The Kier molecular flexibility index (Phi) is 7.56. The molecule has 0 bridgehead atoms. The van der Waals surface area contributed by atoms with Crippen LogP contribution in [0.15, 0.2) is 60.7 Å². The van der Waals surface area contributed by atoms with E-state index < -0.39 is 30.0 Å². The van der Waals surface area contributed by atoms with Crippen LogP contribution in [0.3, 0.4) is 0 Å². The number of aromatic hydroxyl groups is 1. The van der Waals surface area contributed by atoms with Gasteiger partial charge in [0, 0.05) is 26.7 Å². The summed E-state index contributed by atoms with van der Waals surface area (Å²) in [5.41, 5.74) is 0.587. The standard InChI is InChI=1S/C20H18INO6/c1-12(7-10-17(24)25)18(15-11-14(21)8-9-16(15)23)28-20(27)22-19(26)13-5-3-2-4-6-13/h2-12,18,23H,1H3,(H,24,25)(H,22,26,27)/b10-7+/t12-,18+/m0/s1. The molecule has 2 aromatic rings. The molecule has 2 rings (SSSR count). The van der Waals surface area contributed by atoms with Gasteiger partial charge in [-0.05, 0) is 52.9 Å². The number of carboxylic acids is 1. The molecular weight excluding hydrogens is 477 g/mol. The first-order chi connectivity index (χ1) is 13.3. The van der Waals surface area contributed by atoms with Crippen molar-refractivity contribution in [2.75, 3.05) is 0 Å². The van der Waals surface area contributed by atoms with Crippen LogP contribution in [-0.4, -0.2) is 28.2 Å². The number of phenolic OH excluding ortho intramolecular Hbond substituents is 1. The number of nitrogens with one attached hydrogen (secondary N) is 1.